The molecule has 0 atom stereocenters. The number of aromatic nitrogens is 1. The fraction of sp³-hybridized carbons (Fsp3) is 0.643. The van der Waals surface area contributed by atoms with Gasteiger partial charge in [0.25, 0.3) is 0 Å². The monoisotopic (exact) mass is 284 g/mol. The van der Waals surface area contributed by atoms with E-state index < -0.39 is 0 Å². The van der Waals surface area contributed by atoms with Crippen LogP contribution in [0.2, 0.25) is 0 Å². The number of nitrogens with zero attached hydrogens (tertiary/aromatic N) is 3. The lowest BCUT2D eigenvalue weighted by molar-refractivity contribution is 0.214. The Hall–Kier alpha value is -0.840. The molecule has 2 N–H and O–H groups in total. The third-order valence-electron chi connectivity index (χ3n) is 3.36. The highest BCUT2D eigenvalue weighted by atomic mass is 35.5. The zero-order chi connectivity index (χ0) is 13.2. The maximum absolute atomic E-state index is 6.07. The van der Waals surface area contributed by atoms with E-state index in [2.05, 4.69) is 41.6 Å². The first-order chi connectivity index (χ1) is 8.46. The fourth-order valence-corrected chi connectivity index (χ4v) is 2.51. The third-order valence-corrected chi connectivity index (χ3v) is 3.36. The summed E-state index contributed by atoms with van der Waals surface area (Å²) in [5, 5.41) is 0. The topological polar surface area (TPSA) is 45.4 Å². The van der Waals surface area contributed by atoms with Crippen LogP contribution in [0.5, 0.6) is 0 Å². The Morgan fingerprint density at radius 3 is 2.42 bits per heavy atom. The van der Waals surface area contributed by atoms with E-state index >= 15 is 0 Å². The second kappa shape index (κ2) is 6.55. The molecule has 0 amide bonds. The lowest BCUT2D eigenvalue weighted by Gasteiger charge is -2.39. The predicted molar refractivity (Wildman–Crippen MR) is 83.1 cm³/mol. The van der Waals surface area contributed by atoms with Crippen molar-refractivity contribution in [2.75, 3.05) is 37.6 Å². The number of rotatable bonds is 3. The molecule has 1 saturated heterocycles. The third kappa shape index (κ3) is 4.64. The van der Waals surface area contributed by atoms with Crippen molar-refractivity contribution < 1.29 is 0 Å². The van der Waals surface area contributed by atoms with Crippen molar-refractivity contribution in [3.05, 3.63) is 24.0 Å². The van der Waals surface area contributed by atoms with Crippen molar-refractivity contribution in [2.24, 2.45) is 5.73 Å². The van der Waals surface area contributed by atoms with E-state index in [1.807, 2.05) is 12.4 Å². The molecule has 108 valence electrons. The molecule has 19 heavy (non-hydrogen) atoms. The van der Waals surface area contributed by atoms with Crippen LogP contribution in [0.4, 0.5) is 5.69 Å². The number of nitrogens with two attached hydrogens (primary N) is 1. The van der Waals surface area contributed by atoms with Gasteiger partial charge < -0.3 is 10.6 Å². The van der Waals surface area contributed by atoms with Crippen molar-refractivity contribution in [1.29, 1.82) is 0 Å². The Labute approximate surface area is 122 Å². The Balaban J connectivity index is 0.00000180. The molecule has 2 rings (SSSR count). The first kappa shape index (κ1) is 16.2. The van der Waals surface area contributed by atoms with Crippen molar-refractivity contribution >= 4 is 18.1 Å². The molecule has 0 aliphatic carbocycles. The first-order valence-electron chi connectivity index (χ1n) is 6.62. The van der Waals surface area contributed by atoms with Crippen LogP contribution in [0, 0.1) is 6.92 Å². The largest absolute Gasteiger partial charge is 0.368 e. The molecule has 1 fully saturated rings. The van der Waals surface area contributed by atoms with Crippen LogP contribution in [0.3, 0.4) is 0 Å². The van der Waals surface area contributed by atoms with Crippen LogP contribution in [0.1, 0.15) is 19.4 Å². The zero-order valence-corrected chi connectivity index (χ0v) is 12.9. The predicted octanol–water partition coefficient (Wildman–Crippen LogP) is 1.67. The number of hydrogen-bond acceptors (Lipinski definition) is 4. The number of hydrogen-bond donors (Lipinski definition) is 1. The minimum absolute atomic E-state index is 0. The van der Waals surface area contributed by atoms with E-state index in [-0.39, 0.29) is 17.9 Å². The molecule has 0 spiro atoms. The lowest BCUT2D eigenvalue weighted by atomic mass is 10.1. The summed E-state index contributed by atoms with van der Waals surface area (Å²) in [6.07, 6.45) is 3.82. The number of anilines is 1. The average molecular weight is 285 g/mol. The molecule has 0 saturated carbocycles. The van der Waals surface area contributed by atoms with Crippen molar-refractivity contribution in [3.8, 4) is 0 Å². The van der Waals surface area contributed by atoms with Crippen LogP contribution in [0.25, 0.3) is 0 Å². The van der Waals surface area contributed by atoms with Gasteiger partial charge in [0.15, 0.2) is 0 Å². The van der Waals surface area contributed by atoms with E-state index in [1.165, 1.54) is 11.3 Å². The molecule has 5 heteroatoms. The normalized spacial score (nSPS) is 17.2. The van der Waals surface area contributed by atoms with E-state index in [9.17, 15) is 0 Å². The number of halogens is 1. The van der Waals surface area contributed by atoms with Crippen LogP contribution < -0.4 is 10.6 Å². The minimum atomic E-state index is -0.105. The van der Waals surface area contributed by atoms with Gasteiger partial charge in [0.2, 0.25) is 0 Å². The lowest BCUT2D eigenvalue weighted by Crippen LogP contribution is -2.53. The van der Waals surface area contributed by atoms with Gasteiger partial charge in [-0.05, 0) is 32.4 Å². The van der Waals surface area contributed by atoms with Gasteiger partial charge in [0.05, 0.1) is 11.9 Å². The molecule has 2 heterocycles. The van der Waals surface area contributed by atoms with Gasteiger partial charge in [-0.15, -0.1) is 12.4 Å². The summed E-state index contributed by atoms with van der Waals surface area (Å²) in [4.78, 5) is 9.09. The molecule has 0 aromatic carbocycles. The van der Waals surface area contributed by atoms with Gasteiger partial charge in [-0.1, -0.05) is 0 Å². The van der Waals surface area contributed by atoms with Gasteiger partial charge in [-0.25, -0.2) is 0 Å². The van der Waals surface area contributed by atoms with Crippen molar-refractivity contribution in [2.45, 2.75) is 26.3 Å². The maximum Gasteiger partial charge on any atom is 0.0583 e. The molecular formula is C14H25ClN4. The summed E-state index contributed by atoms with van der Waals surface area (Å²) in [6, 6.07) is 2.07. The van der Waals surface area contributed by atoms with E-state index in [1.54, 1.807) is 0 Å². The Morgan fingerprint density at radius 2 is 1.89 bits per heavy atom. The number of aryl methyl sites for hydroxylation is 1. The zero-order valence-electron chi connectivity index (χ0n) is 12.1. The van der Waals surface area contributed by atoms with E-state index in [0.717, 1.165) is 32.7 Å². The Bertz CT molecular complexity index is 395. The highest BCUT2D eigenvalue weighted by molar-refractivity contribution is 5.85. The second-order valence-electron chi connectivity index (χ2n) is 5.91. The Kier molecular flexibility index (Phi) is 5.59. The van der Waals surface area contributed by atoms with Crippen LogP contribution >= 0.6 is 12.4 Å². The smallest absolute Gasteiger partial charge is 0.0583 e. The van der Waals surface area contributed by atoms with Gasteiger partial charge in [-0.3, -0.25) is 9.88 Å². The summed E-state index contributed by atoms with van der Waals surface area (Å²) in [6.45, 7) is 11.6. The van der Waals surface area contributed by atoms with E-state index in [4.69, 9.17) is 5.73 Å². The standard InChI is InChI=1S/C14H24N4.ClH/c1-12-4-5-16-10-13(12)18-8-6-17(7-9-18)11-14(2,3)15;/h4-5,10H,6-9,11,15H2,1-3H3;1H. The van der Waals surface area contributed by atoms with Gasteiger partial charge in [-0.2, -0.15) is 0 Å². The molecular weight excluding hydrogens is 260 g/mol. The summed E-state index contributed by atoms with van der Waals surface area (Å²) < 4.78 is 0. The van der Waals surface area contributed by atoms with Crippen LogP contribution in [-0.2, 0) is 0 Å². The molecule has 1 aromatic heterocycles. The fourth-order valence-electron chi connectivity index (χ4n) is 2.51. The number of piperazine rings is 1. The highest BCUT2D eigenvalue weighted by Crippen LogP contribution is 2.19. The highest BCUT2D eigenvalue weighted by Gasteiger charge is 2.22. The van der Waals surface area contributed by atoms with E-state index in [0.29, 0.717) is 0 Å². The average Bonchev–Trinajstić information content (AvgIpc) is 2.29. The summed E-state index contributed by atoms with van der Waals surface area (Å²) >= 11 is 0. The van der Waals surface area contributed by atoms with Crippen LogP contribution in [-0.4, -0.2) is 48.1 Å². The Morgan fingerprint density at radius 1 is 1.26 bits per heavy atom. The molecule has 1 aromatic rings. The SMILES string of the molecule is Cc1ccncc1N1CCN(CC(C)(C)N)CC1.Cl. The van der Waals surface area contributed by atoms with Gasteiger partial charge in [0, 0.05) is 44.5 Å². The molecule has 0 radical (unpaired) electrons. The molecule has 0 unspecified atom stereocenters. The maximum atomic E-state index is 6.07. The van der Waals surface area contributed by atoms with Crippen molar-refractivity contribution in [1.82, 2.24) is 9.88 Å². The molecule has 0 bridgehead atoms. The quantitative estimate of drug-likeness (QED) is 0.917. The second-order valence-corrected chi connectivity index (χ2v) is 5.91. The minimum Gasteiger partial charge on any atom is -0.368 e. The molecule has 4 nitrogen and oxygen atoms in total. The number of pyridine rings is 1. The van der Waals surface area contributed by atoms with Crippen molar-refractivity contribution in [3.63, 3.8) is 0 Å². The first-order valence-corrected chi connectivity index (χ1v) is 6.62. The molecule has 1 aliphatic heterocycles. The van der Waals surface area contributed by atoms with Gasteiger partial charge in [0.1, 0.15) is 0 Å². The summed E-state index contributed by atoms with van der Waals surface area (Å²) in [5.41, 5.74) is 8.54. The summed E-state index contributed by atoms with van der Waals surface area (Å²) in [7, 11) is 0. The van der Waals surface area contributed by atoms with Crippen LogP contribution in [0.15, 0.2) is 18.5 Å². The van der Waals surface area contributed by atoms with Gasteiger partial charge >= 0.3 is 0 Å². The summed E-state index contributed by atoms with van der Waals surface area (Å²) in [5.74, 6) is 0. The molecule has 1 aliphatic rings.